The Morgan fingerprint density at radius 3 is 2.23 bits per heavy atom. The van der Waals surface area contributed by atoms with E-state index in [0.29, 0.717) is 6.42 Å². The monoisotopic (exact) mass is 610 g/mol. The average molecular weight is 611 g/mol. The fraction of sp³-hybridized carbons (Fsp3) is 0.406. The van der Waals surface area contributed by atoms with Crippen molar-refractivity contribution >= 4 is 35.7 Å². The molecular formula is C32H34O12. The van der Waals surface area contributed by atoms with Gasteiger partial charge in [0, 0.05) is 34.1 Å². The predicted octanol–water partition coefficient (Wildman–Crippen LogP) is 3.24. The van der Waals surface area contributed by atoms with Crippen LogP contribution in [-0.2, 0) is 55.7 Å². The number of ether oxygens (including phenoxy) is 6. The van der Waals surface area contributed by atoms with Crippen LogP contribution in [0.5, 0.6) is 11.5 Å². The molecule has 1 aliphatic heterocycles. The number of hydrogen-bond acceptors (Lipinski definition) is 12. The molecule has 44 heavy (non-hydrogen) atoms. The standard InChI is InChI=1S/C32H34O12/c1-17(33)39-16-27-29(40-18(2)34)30(41-19(3)35)31(42-20(4)36)32(44-27)43-26-10-6-9-24(37)28(26)25(38)14-12-21-11-13-22-7-5-8-23(22)15-21/h5-7,9-11,13,15,27,29-32,37H,8,12,14,16H2,1-4H3/t27-,29-,30+,31-,32-/m1/s1. The lowest BCUT2D eigenvalue weighted by atomic mass is 9.97. The van der Waals surface area contributed by atoms with Crippen LogP contribution in [0, 0.1) is 0 Å². The first kappa shape index (κ1) is 32.2. The lowest BCUT2D eigenvalue weighted by molar-refractivity contribution is -0.288. The molecule has 1 heterocycles. The third kappa shape index (κ3) is 8.01. The summed E-state index contributed by atoms with van der Waals surface area (Å²) in [6.07, 6.45) is -1.74. The van der Waals surface area contributed by atoms with E-state index in [-0.39, 0.29) is 23.5 Å². The maximum Gasteiger partial charge on any atom is 0.303 e. The Balaban J connectivity index is 1.64. The first-order valence-electron chi connectivity index (χ1n) is 14.0. The van der Waals surface area contributed by atoms with Crippen LogP contribution in [-0.4, -0.2) is 72.1 Å². The van der Waals surface area contributed by atoms with Crippen molar-refractivity contribution in [1.82, 2.24) is 0 Å². The predicted molar refractivity (Wildman–Crippen MR) is 153 cm³/mol. The Labute approximate surface area is 253 Å². The number of carbonyl (C=O) groups is 5. The van der Waals surface area contributed by atoms with Gasteiger partial charge in [-0.1, -0.05) is 36.4 Å². The van der Waals surface area contributed by atoms with Gasteiger partial charge < -0.3 is 33.5 Å². The molecule has 0 amide bonds. The number of aryl methyl sites for hydroxylation is 1. The van der Waals surface area contributed by atoms with Gasteiger partial charge in [0.25, 0.3) is 0 Å². The van der Waals surface area contributed by atoms with E-state index in [2.05, 4.69) is 6.08 Å². The summed E-state index contributed by atoms with van der Waals surface area (Å²) in [6.45, 7) is 4.03. The molecule has 1 N–H and O–H groups in total. The fourth-order valence-electron chi connectivity index (χ4n) is 5.16. The molecule has 4 rings (SSSR count). The second-order valence-electron chi connectivity index (χ2n) is 10.4. The number of carbonyl (C=O) groups excluding carboxylic acids is 5. The molecule has 2 aromatic rings. The summed E-state index contributed by atoms with van der Waals surface area (Å²) in [5.41, 5.74) is 3.13. The second kappa shape index (κ2) is 14.2. The van der Waals surface area contributed by atoms with Crippen molar-refractivity contribution in [2.45, 2.75) is 77.7 Å². The number of rotatable bonds is 11. The smallest absolute Gasteiger partial charge is 0.303 e. The first-order chi connectivity index (χ1) is 20.9. The van der Waals surface area contributed by atoms with Gasteiger partial charge in [-0.15, -0.1) is 0 Å². The number of aromatic hydroxyl groups is 1. The van der Waals surface area contributed by atoms with E-state index in [9.17, 15) is 29.1 Å². The average Bonchev–Trinajstić information content (AvgIpc) is 3.41. The number of ketones is 1. The summed E-state index contributed by atoms with van der Waals surface area (Å²) in [5.74, 6) is -3.93. The third-order valence-electron chi connectivity index (χ3n) is 6.96. The molecule has 0 saturated carbocycles. The maximum absolute atomic E-state index is 13.5. The van der Waals surface area contributed by atoms with Crippen molar-refractivity contribution in [2.24, 2.45) is 0 Å². The van der Waals surface area contributed by atoms with Gasteiger partial charge in [-0.3, -0.25) is 24.0 Å². The summed E-state index contributed by atoms with van der Waals surface area (Å²) >= 11 is 0. The molecule has 5 atom stereocenters. The number of phenols is 1. The molecule has 12 nitrogen and oxygen atoms in total. The third-order valence-corrected chi connectivity index (χ3v) is 6.96. The highest BCUT2D eigenvalue weighted by Gasteiger charge is 2.53. The topological polar surface area (TPSA) is 161 Å². The zero-order chi connectivity index (χ0) is 32.0. The van der Waals surface area contributed by atoms with E-state index < -0.39 is 67.0 Å². The number of Topliss-reactive ketones (excluding diaryl/α,β-unsaturated/α-hetero) is 1. The van der Waals surface area contributed by atoms with Gasteiger partial charge in [-0.2, -0.15) is 0 Å². The van der Waals surface area contributed by atoms with Gasteiger partial charge in [0.05, 0.1) is 0 Å². The number of fused-ring (bicyclic) bond motifs is 1. The number of allylic oxidation sites excluding steroid dienone is 1. The van der Waals surface area contributed by atoms with E-state index >= 15 is 0 Å². The minimum atomic E-state index is -1.56. The van der Waals surface area contributed by atoms with Crippen LogP contribution in [0.25, 0.3) is 6.08 Å². The molecule has 1 aliphatic carbocycles. The van der Waals surface area contributed by atoms with Crippen LogP contribution < -0.4 is 4.74 Å². The lowest BCUT2D eigenvalue weighted by Gasteiger charge is -2.44. The van der Waals surface area contributed by atoms with Crippen LogP contribution in [0.4, 0.5) is 0 Å². The fourth-order valence-corrected chi connectivity index (χ4v) is 5.16. The second-order valence-corrected chi connectivity index (χ2v) is 10.4. The number of hydrogen-bond donors (Lipinski definition) is 1. The Kier molecular flexibility index (Phi) is 10.4. The van der Waals surface area contributed by atoms with Gasteiger partial charge >= 0.3 is 23.9 Å². The minimum Gasteiger partial charge on any atom is -0.507 e. The summed E-state index contributed by atoms with van der Waals surface area (Å²) in [4.78, 5) is 61.3. The van der Waals surface area contributed by atoms with Crippen molar-refractivity contribution < 1.29 is 57.5 Å². The summed E-state index contributed by atoms with van der Waals surface area (Å²) in [6, 6.07) is 10.2. The van der Waals surface area contributed by atoms with Crippen LogP contribution >= 0.6 is 0 Å². The van der Waals surface area contributed by atoms with Crippen molar-refractivity contribution in [2.75, 3.05) is 6.61 Å². The quantitative estimate of drug-likeness (QED) is 0.225. The van der Waals surface area contributed by atoms with Gasteiger partial charge in [0.2, 0.25) is 12.4 Å². The summed E-state index contributed by atoms with van der Waals surface area (Å²) in [5, 5.41) is 10.7. The summed E-state index contributed by atoms with van der Waals surface area (Å²) < 4.78 is 33.3. The lowest BCUT2D eigenvalue weighted by Crippen LogP contribution is -2.63. The molecule has 0 radical (unpaired) electrons. The van der Waals surface area contributed by atoms with E-state index in [1.54, 1.807) is 0 Å². The van der Waals surface area contributed by atoms with Gasteiger partial charge in [-0.25, -0.2) is 0 Å². The first-order valence-corrected chi connectivity index (χ1v) is 14.0. The largest absolute Gasteiger partial charge is 0.507 e. The zero-order valence-electron chi connectivity index (χ0n) is 24.8. The van der Waals surface area contributed by atoms with Crippen molar-refractivity contribution in [3.8, 4) is 11.5 Å². The molecule has 0 bridgehead atoms. The molecule has 0 unspecified atom stereocenters. The molecule has 1 fully saturated rings. The molecular weight excluding hydrogens is 576 g/mol. The molecule has 1 saturated heterocycles. The van der Waals surface area contributed by atoms with E-state index in [4.69, 9.17) is 28.4 Å². The zero-order valence-corrected chi connectivity index (χ0v) is 24.8. The molecule has 0 spiro atoms. The van der Waals surface area contributed by atoms with Crippen LogP contribution in [0.15, 0.2) is 42.5 Å². The van der Waals surface area contributed by atoms with Crippen LogP contribution in [0.1, 0.15) is 61.2 Å². The Hall–Kier alpha value is -4.71. The van der Waals surface area contributed by atoms with Crippen molar-refractivity contribution in [3.05, 3.63) is 64.7 Å². The molecule has 12 heteroatoms. The SMILES string of the molecule is CC(=O)OC[C@H]1O[C@@H](Oc2cccc(O)c2C(=O)CCc2ccc3c(c2)CC=C3)[C@H](OC(C)=O)[C@@H](OC(C)=O)[C@@H]1OC(C)=O. The Morgan fingerprint density at radius 1 is 0.864 bits per heavy atom. The van der Waals surface area contributed by atoms with E-state index in [1.165, 1.54) is 23.8 Å². The Morgan fingerprint density at radius 2 is 1.55 bits per heavy atom. The highest BCUT2D eigenvalue weighted by atomic mass is 16.7. The van der Waals surface area contributed by atoms with Crippen molar-refractivity contribution in [3.63, 3.8) is 0 Å². The van der Waals surface area contributed by atoms with Gasteiger partial charge in [0.1, 0.15) is 29.8 Å². The number of esters is 4. The van der Waals surface area contributed by atoms with E-state index in [0.717, 1.165) is 45.2 Å². The van der Waals surface area contributed by atoms with E-state index in [1.807, 2.05) is 24.3 Å². The van der Waals surface area contributed by atoms with Gasteiger partial charge in [0.15, 0.2) is 18.0 Å². The molecule has 0 aromatic heterocycles. The maximum atomic E-state index is 13.5. The number of phenolic OH excluding ortho intramolecular Hbond substituents is 1. The summed E-state index contributed by atoms with van der Waals surface area (Å²) in [7, 11) is 0. The normalized spacial score (nSPS) is 22.0. The highest BCUT2D eigenvalue weighted by molar-refractivity contribution is 6.01. The van der Waals surface area contributed by atoms with Crippen molar-refractivity contribution in [1.29, 1.82) is 0 Å². The molecule has 234 valence electrons. The molecule has 2 aliphatic rings. The van der Waals surface area contributed by atoms with Gasteiger partial charge in [-0.05, 0) is 41.7 Å². The number of benzene rings is 2. The van der Waals surface area contributed by atoms with Crippen LogP contribution in [0.2, 0.25) is 0 Å². The Bertz CT molecular complexity index is 1460. The minimum absolute atomic E-state index is 0.0404. The molecule has 2 aromatic carbocycles. The van der Waals surface area contributed by atoms with Crippen LogP contribution in [0.3, 0.4) is 0 Å². The highest BCUT2D eigenvalue weighted by Crippen LogP contribution is 2.35.